The molecule has 2 heterocycles. The molecule has 1 saturated heterocycles. The van der Waals surface area contributed by atoms with Gasteiger partial charge >= 0.3 is 0 Å². The molecule has 0 aromatic heterocycles. The van der Waals surface area contributed by atoms with E-state index in [2.05, 4.69) is 33.5 Å². The predicted octanol–water partition coefficient (Wildman–Crippen LogP) is 5.15. The normalized spacial score (nSPS) is 29.3. The maximum atomic E-state index is 13.8. The molecule has 0 bridgehead atoms. The first-order valence-corrected chi connectivity index (χ1v) is 11.2. The van der Waals surface area contributed by atoms with Crippen LogP contribution in [0.4, 0.5) is 5.69 Å². The summed E-state index contributed by atoms with van der Waals surface area (Å²) in [7, 11) is 0. The van der Waals surface area contributed by atoms with Crippen molar-refractivity contribution in [2.45, 2.75) is 50.0 Å². The van der Waals surface area contributed by atoms with Crippen molar-refractivity contribution in [1.82, 2.24) is 5.32 Å². The molecule has 2 aliphatic heterocycles. The molecule has 29 heavy (non-hydrogen) atoms. The van der Waals surface area contributed by atoms with Crippen molar-refractivity contribution in [2.75, 3.05) is 5.32 Å². The van der Waals surface area contributed by atoms with Crippen LogP contribution in [0.15, 0.2) is 46.9 Å². The minimum atomic E-state index is -0.846. The lowest BCUT2D eigenvalue weighted by Crippen LogP contribution is -2.65. The molecule has 2 fully saturated rings. The second-order valence-corrected chi connectivity index (χ2v) is 9.89. The fraction of sp³-hybridized carbons (Fsp3) is 0.391. The van der Waals surface area contributed by atoms with Crippen LogP contribution in [0.25, 0.3) is 0 Å². The van der Waals surface area contributed by atoms with Gasteiger partial charge < -0.3 is 10.6 Å². The first kappa shape index (κ1) is 19.1. The second-order valence-electron chi connectivity index (χ2n) is 8.54. The highest BCUT2D eigenvalue weighted by atomic mass is 79.9. The Morgan fingerprint density at radius 1 is 1.17 bits per heavy atom. The summed E-state index contributed by atoms with van der Waals surface area (Å²) in [6, 6.07) is 13.3. The zero-order valence-electron chi connectivity index (χ0n) is 16.1. The number of benzene rings is 2. The molecule has 1 aliphatic carbocycles. The molecule has 1 unspecified atom stereocenters. The van der Waals surface area contributed by atoms with E-state index in [4.69, 9.17) is 11.6 Å². The lowest BCUT2D eigenvalue weighted by molar-refractivity contribution is -0.133. The molecule has 4 nitrogen and oxygen atoms in total. The third-order valence-electron chi connectivity index (χ3n) is 7.21. The highest BCUT2D eigenvalue weighted by Gasteiger charge is 2.67. The van der Waals surface area contributed by atoms with Gasteiger partial charge in [-0.05, 0) is 60.1 Å². The molecular weight excluding hydrogens is 452 g/mol. The minimum Gasteiger partial charge on any atom is -0.351 e. The van der Waals surface area contributed by atoms with Gasteiger partial charge in [0.05, 0.1) is 6.04 Å². The number of nitrogens with one attached hydrogen (secondary N) is 2. The van der Waals surface area contributed by atoms with E-state index in [1.807, 2.05) is 42.5 Å². The van der Waals surface area contributed by atoms with Gasteiger partial charge in [-0.3, -0.25) is 9.59 Å². The van der Waals surface area contributed by atoms with E-state index < -0.39 is 5.41 Å². The van der Waals surface area contributed by atoms with Gasteiger partial charge in [0, 0.05) is 27.5 Å². The number of piperidine rings is 1. The van der Waals surface area contributed by atoms with Crippen LogP contribution < -0.4 is 10.6 Å². The zero-order valence-corrected chi connectivity index (χ0v) is 18.4. The second kappa shape index (κ2) is 6.58. The molecule has 0 radical (unpaired) electrons. The van der Waals surface area contributed by atoms with Crippen molar-refractivity contribution in [3.05, 3.63) is 63.1 Å². The molecule has 2 N–H and O–H groups in total. The van der Waals surface area contributed by atoms with Crippen LogP contribution >= 0.6 is 27.5 Å². The fourth-order valence-electron chi connectivity index (χ4n) is 5.59. The standard InChI is InChI=1S/C23H22BrClN2O2/c1-2-22(8-9-22)20-23(16-7-6-14(24)11-18(16)26-21(23)29)17(12-19(28)27-20)13-4-3-5-15(25)10-13/h3-7,10-11,17,20H,2,8-9,12H2,1H3,(H,26,29)(H,27,28)/t17-,20?,23-/m0/s1. The highest BCUT2D eigenvalue weighted by molar-refractivity contribution is 9.10. The summed E-state index contributed by atoms with van der Waals surface area (Å²) >= 11 is 9.83. The van der Waals surface area contributed by atoms with Crippen LogP contribution in [0.2, 0.25) is 5.02 Å². The monoisotopic (exact) mass is 472 g/mol. The fourth-order valence-corrected chi connectivity index (χ4v) is 6.15. The molecule has 6 heteroatoms. The quantitative estimate of drug-likeness (QED) is 0.647. The molecule has 5 rings (SSSR count). The topological polar surface area (TPSA) is 58.2 Å². The maximum Gasteiger partial charge on any atom is 0.237 e. The summed E-state index contributed by atoms with van der Waals surface area (Å²) in [6.45, 7) is 2.16. The summed E-state index contributed by atoms with van der Waals surface area (Å²) < 4.78 is 0.918. The largest absolute Gasteiger partial charge is 0.351 e. The third kappa shape index (κ3) is 2.70. The molecule has 3 aliphatic rings. The molecule has 2 amide bonds. The van der Waals surface area contributed by atoms with Crippen LogP contribution in [0.3, 0.4) is 0 Å². The molecule has 1 saturated carbocycles. The zero-order chi connectivity index (χ0) is 20.4. The number of amides is 2. The number of fused-ring (bicyclic) bond motifs is 2. The minimum absolute atomic E-state index is 0.00341. The van der Waals surface area contributed by atoms with E-state index in [0.29, 0.717) is 5.02 Å². The van der Waals surface area contributed by atoms with Crippen molar-refractivity contribution in [3.63, 3.8) is 0 Å². The van der Waals surface area contributed by atoms with Crippen LogP contribution in [0.1, 0.15) is 49.7 Å². The number of carbonyl (C=O) groups is 2. The summed E-state index contributed by atoms with van der Waals surface area (Å²) in [6.07, 6.45) is 3.25. The van der Waals surface area contributed by atoms with Crippen LogP contribution in [0, 0.1) is 5.41 Å². The first-order chi connectivity index (χ1) is 13.9. The summed E-state index contributed by atoms with van der Waals surface area (Å²) in [5, 5.41) is 7.00. The van der Waals surface area contributed by atoms with E-state index in [9.17, 15) is 9.59 Å². The Balaban J connectivity index is 1.78. The molecule has 1 spiro atoms. The lowest BCUT2D eigenvalue weighted by atomic mass is 9.57. The third-order valence-corrected chi connectivity index (χ3v) is 7.94. The summed E-state index contributed by atoms with van der Waals surface area (Å²) in [4.78, 5) is 26.6. The average molecular weight is 474 g/mol. The molecular formula is C23H22BrClN2O2. The van der Waals surface area contributed by atoms with Gasteiger partial charge in [0.2, 0.25) is 11.8 Å². The Morgan fingerprint density at radius 3 is 2.66 bits per heavy atom. The van der Waals surface area contributed by atoms with Crippen molar-refractivity contribution >= 4 is 45.0 Å². The average Bonchev–Trinajstić information content (AvgIpc) is 3.44. The summed E-state index contributed by atoms with van der Waals surface area (Å²) in [5.74, 6) is -0.296. The number of halogens is 2. The molecule has 2 aromatic rings. The molecule has 150 valence electrons. The van der Waals surface area contributed by atoms with Crippen LogP contribution in [-0.2, 0) is 15.0 Å². The predicted molar refractivity (Wildman–Crippen MR) is 117 cm³/mol. The number of rotatable bonds is 3. The Labute approximate surface area is 183 Å². The van der Waals surface area contributed by atoms with E-state index in [-0.39, 0.29) is 35.6 Å². The highest BCUT2D eigenvalue weighted by Crippen LogP contribution is 2.63. The maximum absolute atomic E-state index is 13.8. The SMILES string of the molecule is CCC1(C2NC(=O)C[C@@H](c3cccc(Cl)c3)[C@]23C(=O)Nc2cc(Br)ccc23)CC1. The Kier molecular flexibility index (Phi) is 4.34. The van der Waals surface area contributed by atoms with Gasteiger partial charge in [0.1, 0.15) is 5.41 Å². The van der Waals surface area contributed by atoms with Gasteiger partial charge in [0.25, 0.3) is 0 Å². The van der Waals surface area contributed by atoms with Crippen molar-refractivity contribution < 1.29 is 9.59 Å². The Bertz CT molecular complexity index is 1040. The summed E-state index contributed by atoms with van der Waals surface area (Å²) in [5.41, 5.74) is 1.85. The van der Waals surface area contributed by atoms with Crippen molar-refractivity contribution in [3.8, 4) is 0 Å². The smallest absolute Gasteiger partial charge is 0.237 e. The van der Waals surface area contributed by atoms with Crippen LogP contribution in [-0.4, -0.2) is 17.9 Å². The number of carbonyl (C=O) groups excluding carboxylic acids is 2. The van der Waals surface area contributed by atoms with Gasteiger partial charge in [-0.25, -0.2) is 0 Å². The van der Waals surface area contributed by atoms with E-state index in [0.717, 1.165) is 40.5 Å². The lowest BCUT2D eigenvalue weighted by Gasteiger charge is -2.49. The number of hydrogen-bond acceptors (Lipinski definition) is 2. The molecule has 2 aromatic carbocycles. The van der Waals surface area contributed by atoms with Gasteiger partial charge in [-0.1, -0.05) is 52.7 Å². The van der Waals surface area contributed by atoms with E-state index >= 15 is 0 Å². The van der Waals surface area contributed by atoms with E-state index in [1.165, 1.54) is 0 Å². The van der Waals surface area contributed by atoms with Gasteiger partial charge in [-0.15, -0.1) is 0 Å². The van der Waals surface area contributed by atoms with Crippen LogP contribution in [0.5, 0.6) is 0 Å². The van der Waals surface area contributed by atoms with Crippen molar-refractivity contribution in [2.24, 2.45) is 5.41 Å². The van der Waals surface area contributed by atoms with Gasteiger partial charge in [-0.2, -0.15) is 0 Å². The Hall–Kier alpha value is -1.85. The molecule has 3 atom stereocenters. The first-order valence-electron chi connectivity index (χ1n) is 10.1. The number of anilines is 1. The van der Waals surface area contributed by atoms with Gasteiger partial charge in [0.15, 0.2) is 0 Å². The Morgan fingerprint density at radius 2 is 1.97 bits per heavy atom. The van der Waals surface area contributed by atoms with Crippen molar-refractivity contribution in [1.29, 1.82) is 0 Å². The van der Waals surface area contributed by atoms with E-state index in [1.54, 1.807) is 0 Å². The number of hydrogen-bond donors (Lipinski definition) is 2.